The molecule has 0 spiro atoms. The van der Waals surface area contributed by atoms with E-state index in [0.717, 1.165) is 12.0 Å². The van der Waals surface area contributed by atoms with E-state index < -0.39 is 0 Å². The zero-order chi connectivity index (χ0) is 13.8. The molecule has 0 atom stereocenters. The maximum Gasteiger partial charge on any atom is 0.229 e. The molecule has 2 heteroatoms. The molecule has 1 radical (unpaired) electrons. The highest BCUT2D eigenvalue weighted by Gasteiger charge is 2.15. The molecule has 0 saturated heterocycles. The van der Waals surface area contributed by atoms with Crippen LogP contribution in [0.25, 0.3) is 0 Å². The molecule has 0 fully saturated rings. The molecule has 18 heavy (non-hydrogen) atoms. The molecule has 1 aromatic carbocycles. The second kappa shape index (κ2) is 6.03. The van der Waals surface area contributed by atoms with Crippen molar-refractivity contribution in [3.63, 3.8) is 0 Å². The molecule has 0 saturated carbocycles. The van der Waals surface area contributed by atoms with Gasteiger partial charge in [0.15, 0.2) is 0 Å². The molecule has 0 aromatic heterocycles. The summed E-state index contributed by atoms with van der Waals surface area (Å²) in [6.07, 6.45) is 2.69. The summed E-state index contributed by atoms with van der Waals surface area (Å²) in [4.78, 5) is 11.9. The molecule has 1 aromatic rings. The van der Waals surface area contributed by atoms with Gasteiger partial charge in [-0.15, -0.1) is 0 Å². The smallest absolute Gasteiger partial charge is 0.229 e. The maximum absolute atomic E-state index is 11.9. The summed E-state index contributed by atoms with van der Waals surface area (Å²) in [6.45, 7) is 10.3. The predicted octanol–water partition coefficient (Wildman–Crippen LogP) is 3.35. The summed E-state index contributed by atoms with van der Waals surface area (Å²) in [6, 6.07) is 8.09. The second-order valence-corrected chi connectivity index (χ2v) is 6.18. The lowest BCUT2D eigenvalue weighted by Crippen LogP contribution is -2.40. The standard InChI is InChI=1S/C16H24NO/c1-12(2)10-13-8-6-7-9-14(13)11-15(18)17-16(3,4)5/h6-9,11-12H,10H2,1-5H3,(H,17,18). The zero-order valence-electron chi connectivity index (χ0n) is 12.1. The molecule has 2 nitrogen and oxygen atoms in total. The first-order chi connectivity index (χ1) is 8.28. The van der Waals surface area contributed by atoms with E-state index >= 15 is 0 Å². The zero-order valence-corrected chi connectivity index (χ0v) is 12.1. The summed E-state index contributed by atoms with van der Waals surface area (Å²) in [7, 11) is 0. The number of nitrogens with one attached hydrogen (secondary N) is 1. The fraction of sp³-hybridized carbons (Fsp3) is 0.500. The lowest BCUT2D eigenvalue weighted by atomic mass is 9.96. The van der Waals surface area contributed by atoms with Gasteiger partial charge in [0.25, 0.3) is 0 Å². The minimum Gasteiger partial charge on any atom is -0.351 e. The third kappa shape index (κ3) is 5.35. The van der Waals surface area contributed by atoms with E-state index in [1.54, 1.807) is 6.42 Å². The molecule has 1 N–H and O–H groups in total. The van der Waals surface area contributed by atoms with Gasteiger partial charge in [-0.2, -0.15) is 0 Å². The van der Waals surface area contributed by atoms with Gasteiger partial charge in [0.2, 0.25) is 5.91 Å². The molecular weight excluding hydrogens is 222 g/mol. The Hall–Kier alpha value is -1.31. The molecule has 1 rings (SSSR count). The fourth-order valence-corrected chi connectivity index (χ4v) is 1.85. The van der Waals surface area contributed by atoms with Crippen LogP contribution in [0.5, 0.6) is 0 Å². The van der Waals surface area contributed by atoms with Crippen LogP contribution < -0.4 is 5.32 Å². The fourth-order valence-electron chi connectivity index (χ4n) is 1.85. The quantitative estimate of drug-likeness (QED) is 0.867. The van der Waals surface area contributed by atoms with Crippen molar-refractivity contribution in [1.29, 1.82) is 0 Å². The van der Waals surface area contributed by atoms with Crippen LogP contribution in [-0.4, -0.2) is 11.4 Å². The van der Waals surface area contributed by atoms with E-state index in [9.17, 15) is 4.79 Å². The van der Waals surface area contributed by atoms with Crippen molar-refractivity contribution < 1.29 is 4.79 Å². The molecule has 0 heterocycles. The van der Waals surface area contributed by atoms with Gasteiger partial charge in [-0.3, -0.25) is 4.79 Å². The van der Waals surface area contributed by atoms with Gasteiger partial charge in [0, 0.05) is 5.54 Å². The Morgan fingerprint density at radius 3 is 2.44 bits per heavy atom. The van der Waals surface area contributed by atoms with E-state index in [1.807, 2.05) is 39.0 Å². The number of rotatable bonds is 4. The van der Waals surface area contributed by atoms with Crippen molar-refractivity contribution in [2.75, 3.05) is 0 Å². The normalized spacial score (nSPS) is 11.7. The highest BCUT2D eigenvalue weighted by molar-refractivity contribution is 5.89. The van der Waals surface area contributed by atoms with Crippen molar-refractivity contribution in [2.24, 2.45) is 5.92 Å². The summed E-state index contributed by atoms with van der Waals surface area (Å²) in [5.41, 5.74) is 2.06. The summed E-state index contributed by atoms with van der Waals surface area (Å²) >= 11 is 0. The SMILES string of the molecule is CC(C)Cc1ccccc1[CH]C(=O)NC(C)(C)C. The van der Waals surface area contributed by atoms with Crippen LogP contribution in [0.2, 0.25) is 0 Å². The monoisotopic (exact) mass is 246 g/mol. The molecule has 0 bridgehead atoms. The van der Waals surface area contributed by atoms with Crippen LogP contribution in [0, 0.1) is 12.3 Å². The highest BCUT2D eigenvalue weighted by atomic mass is 16.1. The lowest BCUT2D eigenvalue weighted by molar-refractivity contribution is -0.118. The van der Waals surface area contributed by atoms with Crippen molar-refractivity contribution >= 4 is 5.91 Å². The summed E-state index contributed by atoms with van der Waals surface area (Å²) < 4.78 is 0. The Labute approximate surface area is 111 Å². The van der Waals surface area contributed by atoms with Gasteiger partial charge in [-0.25, -0.2) is 0 Å². The third-order valence-corrected chi connectivity index (χ3v) is 2.47. The van der Waals surface area contributed by atoms with Gasteiger partial charge >= 0.3 is 0 Å². The first-order valence-electron chi connectivity index (χ1n) is 6.53. The van der Waals surface area contributed by atoms with Gasteiger partial charge in [-0.1, -0.05) is 38.1 Å². The number of benzene rings is 1. The van der Waals surface area contributed by atoms with Crippen LogP contribution in [0.1, 0.15) is 45.7 Å². The van der Waals surface area contributed by atoms with E-state index in [4.69, 9.17) is 0 Å². The van der Waals surface area contributed by atoms with E-state index in [2.05, 4.69) is 25.2 Å². The molecule has 0 aliphatic heterocycles. The molecule has 0 unspecified atom stereocenters. The highest BCUT2D eigenvalue weighted by Crippen LogP contribution is 2.16. The average molecular weight is 246 g/mol. The molecule has 99 valence electrons. The first-order valence-corrected chi connectivity index (χ1v) is 6.53. The first kappa shape index (κ1) is 14.7. The minimum atomic E-state index is -0.194. The van der Waals surface area contributed by atoms with Crippen LogP contribution in [0.15, 0.2) is 24.3 Å². The predicted molar refractivity (Wildman–Crippen MR) is 76.3 cm³/mol. The van der Waals surface area contributed by atoms with E-state index in [0.29, 0.717) is 5.92 Å². The van der Waals surface area contributed by atoms with Crippen molar-refractivity contribution in [1.82, 2.24) is 5.32 Å². The van der Waals surface area contributed by atoms with Gasteiger partial charge in [0.05, 0.1) is 6.42 Å². The summed E-state index contributed by atoms with van der Waals surface area (Å²) in [5.74, 6) is 0.559. The van der Waals surface area contributed by atoms with Crippen LogP contribution in [0.3, 0.4) is 0 Å². The van der Waals surface area contributed by atoms with E-state index in [-0.39, 0.29) is 11.4 Å². The molecular formula is C16H24NO. The number of hydrogen-bond acceptors (Lipinski definition) is 1. The lowest BCUT2D eigenvalue weighted by Gasteiger charge is -2.21. The third-order valence-electron chi connectivity index (χ3n) is 2.47. The van der Waals surface area contributed by atoms with Crippen molar-refractivity contribution in [3.8, 4) is 0 Å². The summed E-state index contributed by atoms with van der Waals surface area (Å²) in [5, 5.41) is 2.95. The van der Waals surface area contributed by atoms with Gasteiger partial charge in [0.1, 0.15) is 0 Å². The average Bonchev–Trinajstić information content (AvgIpc) is 2.17. The van der Waals surface area contributed by atoms with Gasteiger partial charge in [-0.05, 0) is 44.2 Å². The Morgan fingerprint density at radius 1 is 1.28 bits per heavy atom. The Balaban J connectivity index is 2.75. The maximum atomic E-state index is 11.9. The number of carbonyl (C=O) groups is 1. The Morgan fingerprint density at radius 2 is 1.89 bits per heavy atom. The molecule has 1 amide bonds. The Bertz CT molecular complexity index is 402. The van der Waals surface area contributed by atoms with Crippen molar-refractivity contribution in [3.05, 3.63) is 41.8 Å². The van der Waals surface area contributed by atoms with Crippen LogP contribution >= 0.6 is 0 Å². The van der Waals surface area contributed by atoms with Crippen LogP contribution in [-0.2, 0) is 11.2 Å². The van der Waals surface area contributed by atoms with E-state index in [1.165, 1.54) is 5.56 Å². The van der Waals surface area contributed by atoms with Crippen LogP contribution in [0.4, 0.5) is 0 Å². The minimum absolute atomic E-state index is 0.0290. The Kier molecular flexibility index (Phi) is 4.94. The van der Waals surface area contributed by atoms with Crippen molar-refractivity contribution in [2.45, 2.75) is 46.6 Å². The molecule has 0 aliphatic rings. The van der Waals surface area contributed by atoms with Gasteiger partial charge < -0.3 is 5.32 Å². The topological polar surface area (TPSA) is 29.1 Å². The molecule has 0 aliphatic carbocycles. The number of hydrogen-bond donors (Lipinski definition) is 1. The largest absolute Gasteiger partial charge is 0.351 e. The number of carbonyl (C=O) groups excluding carboxylic acids is 1. The number of amides is 1. The second-order valence-electron chi connectivity index (χ2n) is 6.18.